The van der Waals surface area contributed by atoms with Gasteiger partial charge < -0.3 is 9.15 Å². The third-order valence-electron chi connectivity index (χ3n) is 2.31. The third kappa shape index (κ3) is 7.67. The number of aromatic nitrogens is 2. The van der Waals surface area contributed by atoms with Crippen molar-refractivity contribution < 1.29 is 9.15 Å². The maximum absolute atomic E-state index is 5.62. The van der Waals surface area contributed by atoms with Gasteiger partial charge in [0.1, 0.15) is 0 Å². The van der Waals surface area contributed by atoms with E-state index in [1.165, 1.54) is 0 Å². The predicted molar refractivity (Wildman–Crippen MR) is 86.6 cm³/mol. The molecule has 0 amide bonds. The molecule has 0 aromatic carbocycles. The smallest absolute Gasteiger partial charge is 0.268 e. The van der Waals surface area contributed by atoms with E-state index in [2.05, 4.69) is 23.7 Å². The topological polar surface area (TPSA) is 48.2 Å². The highest BCUT2D eigenvalue weighted by molar-refractivity contribution is 6.66. The van der Waals surface area contributed by atoms with Gasteiger partial charge in [-0.15, -0.1) is 10.2 Å². The second-order valence-electron chi connectivity index (χ2n) is 4.18. The van der Waals surface area contributed by atoms with E-state index in [-0.39, 0.29) is 11.8 Å². The third-order valence-corrected chi connectivity index (χ3v) is 2.80. The molecule has 0 spiro atoms. The molecule has 0 saturated heterocycles. The Kier molecular flexibility index (Phi) is 8.04. The van der Waals surface area contributed by atoms with Gasteiger partial charge in [-0.3, -0.25) is 0 Å². The van der Waals surface area contributed by atoms with Gasteiger partial charge in [-0.05, 0) is 12.0 Å². The van der Waals surface area contributed by atoms with Crippen LogP contribution < -0.4 is 0 Å². The Bertz CT molecular complexity index is 505. The number of alkyl halides is 3. The van der Waals surface area contributed by atoms with Gasteiger partial charge in [0.2, 0.25) is 5.89 Å². The van der Waals surface area contributed by atoms with E-state index in [9.17, 15) is 0 Å². The molecule has 1 aromatic heterocycles. The average Bonchev–Trinajstić information content (AvgIpc) is 2.89. The number of hydrogen-bond donors (Lipinski definition) is 0. The first kappa shape index (κ1) is 18.2. The van der Waals surface area contributed by atoms with Gasteiger partial charge in [0, 0.05) is 12.7 Å². The van der Waals surface area contributed by atoms with Crippen LogP contribution in [0.5, 0.6) is 0 Å². The van der Waals surface area contributed by atoms with Crippen LogP contribution in [0.3, 0.4) is 0 Å². The first-order chi connectivity index (χ1) is 9.93. The minimum Gasteiger partial charge on any atom is -0.417 e. The SMILES string of the molecule is C=C(/C=C\COCCCC)/C=C/c1nnc(C(Cl)(Cl)Cl)o1. The summed E-state index contributed by atoms with van der Waals surface area (Å²) in [6.07, 6.45) is 9.24. The summed E-state index contributed by atoms with van der Waals surface area (Å²) in [4.78, 5) is 0. The zero-order valence-corrected chi connectivity index (χ0v) is 14.0. The highest BCUT2D eigenvalue weighted by Crippen LogP contribution is 2.37. The lowest BCUT2D eigenvalue weighted by atomic mass is 10.2. The molecule has 1 rings (SSSR count). The molecule has 0 N–H and O–H groups in total. The summed E-state index contributed by atoms with van der Waals surface area (Å²) in [6, 6.07) is 0. The Morgan fingerprint density at radius 3 is 2.71 bits per heavy atom. The molecule has 116 valence electrons. The molecule has 0 unspecified atom stereocenters. The minimum absolute atomic E-state index is 0.0716. The van der Waals surface area contributed by atoms with E-state index in [0.717, 1.165) is 25.0 Å². The van der Waals surface area contributed by atoms with Crippen molar-refractivity contribution in [2.45, 2.75) is 23.6 Å². The van der Waals surface area contributed by atoms with E-state index >= 15 is 0 Å². The maximum Gasteiger partial charge on any atom is 0.268 e. The van der Waals surface area contributed by atoms with E-state index < -0.39 is 3.79 Å². The van der Waals surface area contributed by atoms with Crippen LogP contribution in [0.1, 0.15) is 31.5 Å². The van der Waals surface area contributed by atoms with Crippen molar-refractivity contribution in [3.63, 3.8) is 0 Å². The summed E-state index contributed by atoms with van der Waals surface area (Å²) in [7, 11) is 0. The fraction of sp³-hybridized carbons (Fsp3) is 0.429. The molecule has 1 heterocycles. The second kappa shape index (κ2) is 9.26. The van der Waals surface area contributed by atoms with Crippen LogP contribution in [-0.4, -0.2) is 23.4 Å². The number of nitrogens with zero attached hydrogens (tertiary/aromatic N) is 2. The van der Waals surface area contributed by atoms with Crippen LogP contribution in [0.4, 0.5) is 0 Å². The van der Waals surface area contributed by atoms with E-state index in [0.29, 0.717) is 6.61 Å². The van der Waals surface area contributed by atoms with Gasteiger partial charge >= 0.3 is 0 Å². The van der Waals surface area contributed by atoms with Gasteiger partial charge in [0.25, 0.3) is 9.68 Å². The second-order valence-corrected chi connectivity index (χ2v) is 6.46. The number of rotatable bonds is 8. The molecule has 1 aromatic rings. The quantitative estimate of drug-likeness (QED) is 0.382. The molecule has 7 heteroatoms. The van der Waals surface area contributed by atoms with Crippen molar-refractivity contribution >= 4 is 40.9 Å². The Morgan fingerprint density at radius 1 is 1.33 bits per heavy atom. The molecule has 0 aliphatic heterocycles. The summed E-state index contributed by atoms with van der Waals surface area (Å²) < 4.78 is 8.85. The predicted octanol–water partition coefficient (Wildman–Crippen LogP) is 4.84. The summed E-state index contributed by atoms with van der Waals surface area (Å²) in [6.45, 7) is 7.31. The van der Waals surface area contributed by atoms with Crippen LogP contribution in [-0.2, 0) is 8.53 Å². The molecule has 0 saturated carbocycles. The Balaban J connectivity index is 2.40. The molecule has 0 aliphatic rings. The Hall–Kier alpha value is -0.810. The molecular formula is C14H17Cl3N2O2. The number of allylic oxidation sites excluding steroid dienone is 3. The average molecular weight is 352 g/mol. The van der Waals surface area contributed by atoms with Crippen molar-refractivity contribution in [2.24, 2.45) is 0 Å². The number of ether oxygens (including phenoxy) is 1. The fourth-order valence-electron chi connectivity index (χ4n) is 1.25. The highest BCUT2D eigenvalue weighted by atomic mass is 35.6. The van der Waals surface area contributed by atoms with E-state index in [1.54, 1.807) is 12.2 Å². The molecule has 0 radical (unpaired) electrons. The Labute approximate surface area is 139 Å². The number of halogens is 3. The fourth-order valence-corrected chi connectivity index (χ4v) is 1.48. The van der Waals surface area contributed by atoms with Gasteiger partial charge in [0.15, 0.2) is 0 Å². The van der Waals surface area contributed by atoms with Crippen LogP contribution >= 0.6 is 34.8 Å². The van der Waals surface area contributed by atoms with Crippen molar-refractivity contribution in [3.05, 3.63) is 42.2 Å². The standard InChI is InChI=1S/C14H17Cl3N2O2/c1-3-4-9-20-10-5-6-11(2)7-8-12-18-19-13(21-12)14(15,16)17/h5-8H,2-4,9-10H2,1H3/b6-5-,8-7+. The number of hydrogen-bond acceptors (Lipinski definition) is 4. The van der Waals surface area contributed by atoms with Crippen LogP contribution in [0.2, 0.25) is 0 Å². The lowest BCUT2D eigenvalue weighted by Crippen LogP contribution is -1.99. The maximum atomic E-state index is 5.62. The minimum atomic E-state index is -1.72. The largest absolute Gasteiger partial charge is 0.417 e. The summed E-state index contributed by atoms with van der Waals surface area (Å²) in [5.41, 5.74) is 0.766. The van der Waals surface area contributed by atoms with Gasteiger partial charge in [-0.1, -0.05) is 73.0 Å². The van der Waals surface area contributed by atoms with Crippen molar-refractivity contribution in [1.82, 2.24) is 10.2 Å². The van der Waals surface area contributed by atoms with Crippen molar-refractivity contribution in [3.8, 4) is 0 Å². The molecule has 0 bridgehead atoms. The van der Waals surface area contributed by atoms with Gasteiger partial charge in [-0.25, -0.2) is 0 Å². The first-order valence-electron chi connectivity index (χ1n) is 6.45. The molecule has 0 aliphatic carbocycles. The molecule has 0 fully saturated rings. The highest BCUT2D eigenvalue weighted by Gasteiger charge is 2.29. The summed E-state index contributed by atoms with van der Waals surface area (Å²) in [5, 5.41) is 7.38. The summed E-state index contributed by atoms with van der Waals surface area (Å²) in [5.74, 6) is 0.169. The molecule has 21 heavy (non-hydrogen) atoms. The number of unbranched alkanes of at least 4 members (excludes halogenated alkanes) is 1. The van der Waals surface area contributed by atoms with Gasteiger partial charge in [-0.2, -0.15) is 0 Å². The van der Waals surface area contributed by atoms with E-state index in [4.69, 9.17) is 44.0 Å². The molecular weight excluding hydrogens is 335 g/mol. The lowest BCUT2D eigenvalue weighted by molar-refractivity contribution is 0.159. The van der Waals surface area contributed by atoms with E-state index in [1.807, 2.05) is 12.2 Å². The monoisotopic (exact) mass is 350 g/mol. The van der Waals surface area contributed by atoms with Gasteiger partial charge in [0.05, 0.1) is 6.61 Å². The Morgan fingerprint density at radius 2 is 2.10 bits per heavy atom. The van der Waals surface area contributed by atoms with Crippen LogP contribution in [0.25, 0.3) is 6.08 Å². The van der Waals surface area contributed by atoms with Crippen molar-refractivity contribution in [1.29, 1.82) is 0 Å². The normalized spacial score (nSPS) is 12.6. The van der Waals surface area contributed by atoms with Crippen LogP contribution in [0, 0.1) is 0 Å². The lowest BCUT2D eigenvalue weighted by Gasteiger charge is -2.01. The first-order valence-corrected chi connectivity index (χ1v) is 7.59. The molecule has 4 nitrogen and oxygen atoms in total. The zero-order valence-electron chi connectivity index (χ0n) is 11.7. The summed E-state index contributed by atoms with van der Waals surface area (Å²) >= 11 is 16.9. The zero-order chi connectivity index (χ0) is 15.7. The van der Waals surface area contributed by atoms with Crippen molar-refractivity contribution in [2.75, 3.05) is 13.2 Å². The van der Waals surface area contributed by atoms with Crippen LogP contribution in [0.15, 0.2) is 34.8 Å². The molecule has 0 atom stereocenters.